The number of nitrogens with two attached hydrogens (primary N) is 1. The van der Waals surface area contributed by atoms with Crippen molar-refractivity contribution in [3.8, 4) is 0 Å². The van der Waals surface area contributed by atoms with Gasteiger partial charge in [-0.3, -0.25) is 4.90 Å². The van der Waals surface area contributed by atoms with E-state index in [2.05, 4.69) is 9.88 Å². The van der Waals surface area contributed by atoms with Gasteiger partial charge in [-0.2, -0.15) is 0 Å². The van der Waals surface area contributed by atoms with Crippen molar-refractivity contribution in [2.45, 2.75) is 13.1 Å². The van der Waals surface area contributed by atoms with Crippen LogP contribution >= 0.6 is 34.5 Å². The fraction of sp³-hybridized carbons (Fsp3) is 0.250. The summed E-state index contributed by atoms with van der Waals surface area (Å²) in [7, 11) is 2.04. The lowest BCUT2D eigenvalue weighted by molar-refractivity contribution is 0.322. The average Bonchev–Trinajstić information content (AvgIpc) is 2.69. The third-order valence-corrected chi connectivity index (χ3v) is 3.98. The van der Waals surface area contributed by atoms with Gasteiger partial charge in [-0.25, -0.2) is 4.98 Å². The first-order valence-electron chi connectivity index (χ1n) is 5.37. The summed E-state index contributed by atoms with van der Waals surface area (Å²) < 4.78 is 0. The van der Waals surface area contributed by atoms with Crippen LogP contribution in [-0.2, 0) is 13.1 Å². The molecule has 2 rings (SSSR count). The van der Waals surface area contributed by atoms with Gasteiger partial charge in [0.05, 0.1) is 10.0 Å². The second-order valence-electron chi connectivity index (χ2n) is 4.09. The molecule has 0 radical (unpaired) electrons. The minimum absolute atomic E-state index is 0.582. The van der Waals surface area contributed by atoms with Gasteiger partial charge in [0.2, 0.25) is 0 Å². The number of thiazole rings is 1. The molecule has 0 amide bonds. The molecule has 0 bridgehead atoms. The lowest BCUT2D eigenvalue weighted by Crippen LogP contribution is -2.16. The quantitative estimate of drug-likeness (QED) is 0.937. The van der Waals surface area contributed by atoms with Gasteiger partial charge in [-0.15, -0.1) is 11.3 Å². The van der Waals surface area contributed by atoms with Gasteiger partial charge in [0.25, 0.3) is 0 Å². The standard InChI is InChI=1S/C12H13Cl2N3S/c1-17(7-9-5-16-12(15)18-9)6-8-2-3-10(13)11(14)4-8/h2-5H,6-7H2,1H3,(H2,15,16). The summed E-state index contributed by atoms with van der Waals surface area (Å²) >= 11 is 13.4. The van der Waals surface area contributed by atoms with E-state index in [1.165, 1.54) is 11.3 Å². The Balaban J connectivity index is 1.98. The molecule has 0 aliphatic carbocycles. The van der Waals surface area contributed by atoms with Crippen LogP contribution in [0, 0.1) is 0 Å². The molecule has 0 saturated heterocycles. The predicted molar refractivity (Wildman–Crippen MR) is 78.2 cm³/mol. The maximum atomic E-state index is 5.99. The third kappa shape index (κ3) is 3.59. The highest BCUT2D eigenvalue weighted by Crippen LogP contribution is 2.23. The molecule has 3 nitrogen and oxygen atoms in total. The lowest BCUT2D eigenvalue weighted by Gasteiger charge is -2.15. The van der Waals surface area contributed by atoms with Crippen LogP contribution in [0.15, 0.2) is 24.4 Å². The molecule has 0 spiro atoms. The number of halogens is 2. The van der Waals surface area contributed by atoms with Crippen LogP contribution in [0.4, 0.5) is 5.13 Å². The molecule has 0 unspecified atom stereocenters. The van der Waals surface area contributed by atoms with Crippen LogP contribution in [-0.4, -0.2) is 16.9 Å². The van der Waals surface area contributed by atoms with Gasteiger partial charge in [0.15, 0.2) is 5.13 Å². The second kappa shape index (κ2) is 5.89. The molecule has 0 fully saturated rings. The number of hydrogen-bond acceptors (Lipinski definition) is 4. The lowest BCUT2D eigenvalue weighted by atomic mass is 10.2. The molecule has 18 heavy (non-hydrogen) atoms. The van der Waals surface area contributed by atoms with Crippen LogP contribution in [0.3, 0.4) is 0 Å². The van der Waals surface area contributed by atoms with Crippen molar-refractivity contribution in [2.24, 2.45) is 0 Å². The fourth-order valence-corrected chi connectivity index (χ4v) is 2.75. The Morgan fingerprint density at radius 2 is 2.06 bits per heavy atom. The highest BCUT2D eigenvalue weighted by Gasteiger charge is 2.06. The maximum absolute atomic E-state index is 5.99. The largest absolute Gasteiger partial charge is 0.375 e. The molecule has 1 heterocycles. The molecule has 0 atom stereocenters. The molecule has 96 valence electrons. The zero-order chi connectivity index (χ0) is 13.1. The van der Waals surface area contributed by atoms with Gasteiger partial charge in [-0.1, -0.05) is 29.3 Å². The average molecular weight is 302 g/mol. The molecule has 6 heteroatoms. The Morgan fingerprint density at radius 3 is 2.67 bits per heavy atom. The predicted octanol–water partition coefficient (Wildman–Crippen LogP) is 3.66. The van der Waals surface area contributed by atoms with Crippen molar-refractivity contribution in [1.29, 1.82) is 0 Å². The van der Waals surface area contributed by atoms with Crippen molar-refractivity contribution < 1.29 is 0 Å². The van der Waals surface area contributed by atoms with E-state index in [9.17, 15) is 0 Å². The Labute approximate surface area is 120 Å². The van der Waals surface area contributed by atoms with E-state index in [0.29, 0.717) is 15.2 Å². The smallest absolute Gasteiger partial charge is 0.180 e. The zero-order valence-electron chi connectivity index (χ0n) is 9.86. The van der Waals surface area contributed by atoms with Crippen molar-refractivity contribution in [3.05, 3.63) is 44.9 Å². The van der Waals surface area contributed by atoms with Crippen LogP contribution < -0.4 is 5.73 Å². The second-order valence-corrected chi connectivity index (χ2v) is 6.05. The number of rotatable bonds is 4. The Kier molecular flexibility index (Phi) is 4.45. The molecule has 2 aromatic rings. The monoisotopic (exact) mass is 301 g/mol. The summed E-state index contributed by atoms with van der Waals surface area (Å²) in [5, 5.41) is 1.77. The fourth-order valence-electron chi connectivity index (χ4n) is 1.67. The maximum Gasteiger partial charge on any atom is 0.180 e. The number of benzene rings is 1. The van der Waals surface area contributed by atoms with E-state index in [4.69, 9.17) is 28.9 Å². The van der Waals surface area contributed by atoms with E-state index in [-0.39, 0.29) is 0 Å². The van der Waals surface area contributed by atoms with E-state index < -0.39 is 0 Å². The van der Waals surface area contributed by atoms with Crippen LogP contribution in [0.2, 0.25) is 10.0 Å². The first-order chi connectivity index (χ1) is 8.54. The van der Waals surface area contributed by atoms with Gasteiger partial charge in [-0.05, 0) is 24.7 Å². The molecule has 0 saturated carbocycles. The molecule has 1 aromatic heterocycles. The number of aromatic nitrogens is 1. The van der Waals surface area contributed by atoms with E-state index >= 15 is 0 Å². The van der Waals surface area contributed by atoms with Gasteiger partial charge in [0, 0.05) is 24.2 Å². The van der Waals surface area contributed by atoms with E-state index in [0.717, 1.165) is 23.5 Å². The first kappa shape index (κ1) is 13.6. The van der Waals surface area contributed by atoms with Gasteiger partial charge >= 0.3 is 0 Å². The molecule has 0 aliphatic rings. The first-order valence-corrected chi connectivity index (χ1v) is 6.94. The van der Waals surface area contributed by atoms with Crippen molar-refractivity contribution in [3.63, 3.8) is 0 Å². The van der Waals surface area contributed by atoms with Crippen LogP contribution in [0.1, 0.15) is 10.4 Å². The minimum Gasteiger partial charge on any atom is -0.375 e. The van der Waals surface area contributed by atoms with Gasteiger partial charge < -0.3 is 5.73 Å². The summed E-state index contributed by atoms with van der Waals surface area (Å²) in [5.74, 6) is 0. The summed E-state index contributed by atoms with van der Waals surface area (Å²) in [5.41, 5.74) is 6.73. The number of nitrogen functional groups attached to an aromatic ring is 1. The third-order valence-electron chi connectivity index (χ3n) is 2.43. The van der Waals surface area contributed by atoms with Crippen molar-refractivity contribution >= 4 is 39.7 Å². The van der Waals surface area contributed by atoms with Crippen molar-refractivity contribution in [2.75, 3.05) is 12.8 Å². The Morgan fingerprint density at radius 1 is 1.28 bits per heavy atom. The van der Waals surface area contributed by atoms with E-state index in [1.54, 1.807) is 0 Å². The topological polar surface area (TPSA) is 42.2 Å². The molecule has 1 aromatic carbocycles. The molecular weight excluding hydrogens is 289 g/mol. The summed E-state index contributed by atoms with van der Waals surface area (Å²) in [4.78, 5) is 7.35. The van der Waals surface area contributed by atoms with Crippen LogP contribution in [0.25, 0.3) is 0 Å². The number of hydrogen-bond donors (Lipinski definition) is 1. The summed E-state index contributed by atoms with van der Waals surface area (Å²) in [6.07, 6.45) is 1.81. The molecule has 0 aliphatic heterocycles. The molecule has 2 N–H and O–H groups in total. The highest BCUT2D eigenvalue weighted by molar-refractivity contribution is 7.15. The van der Waals surface area contributed by atoms with Crippen LogP contribution in [0.5, 0.6) is 0 Å². The van der Waals surface area contributed by atoms with E-state index in [1.807, 2.05) is 31.4 Å². The summed E-state index contributed by atoms with van der Waals surface area (Å²) in [6, 6.07) is 5.69. The molecular formula is C12H13Cl2N3S. The SMILES string of the molecule is CN(Cc1ccc(Cl)c(Cl)c1)Cc1cnc(N)s1. The minimum atomic E-state index is 0.582. The summed E-state index contributed by atoms with van der Waals surface area (Å²) in [6.45, 7) is 1.61. The Hall–Kier alpha value is -0.810. The van der Waals surface area contributed by atoms with Crippen molar-refractivity contribution in [1.82, 2.24) is 9.88 Å². The van der Waals surface area contributed by atoms with Gasteiger partial charge in [0.1, 0.15) is 0 Å². The number of anilines is 1. The Bertz CT molecular complexity index is 542. The zero-order valence-corrected chi connectivity index (χ0v) is 12.2. The highest BCUT2D eigenvalue weighted by atomic mass is 35.5. The number of nitrogens with zero attached hydrogens (tertiary/aromatic N) is 2. The normalized spacial score (nSPS) is 11.1.